The van der Waals surface area contributed by atoms with Gasteiger partial charge in [-0.05, 0) is 56.3 Å². The van der Waals surface area contributed by atoms with E-state index in [0.29, 0.717) is 5.56 Å². The van der Waals surface area contributed by atoms with E-state index < -0.39 is 65.7 Å². The lowest BCUT2D eigenvalue weighted by Crippen LogP contribution is -2.67. The van der Waals surface area contributed by atoms with Crippen molar-refractivity contribution in [3.8, 4) is 0 Å². The molecule has 5 rings (SSSR count). The number of benzene rings is 3. The molecule has 0 saturated carbocycles. The van der Waals surface area contributed by atoms with Gasteiger partial charge >= 0.3 is 13.9 Å². The van der Waals surface area contributed by atoms with Crippen LogP contribution in [0.25, 0.3) is 0 Å². The van der Waals surface area contributed by atoms with Gasteiger partial charge in [0.15, 0.2) is 14.5 Å². The highest BCUT2D eigenvalue weighted by atomic mass is 31.1. The molecule has 1 saturated heterocycles. The van der Waals surface area contributed by atoms with Crippen molar-refractivity contribution in [3.63, 3.8) is 0 Å². The van der Waals surface area contributed by atoms with E-state index in [0.717, 1.165) is 14.9 Å². The molecule has 5 atom stereocenters. The van der Waals surface area contributed by atoms with Gasteiger partial charge in [-0.25, -0.2) is 4.79 Å². The number of nitrogens with one attached hydrogen (secondary N) is 1. The van der Waals surface area contributed by atoms with E-state index >= 15 is 0 Å². The number of hydrogen-bond donors (Lipinski definition) is 2. The Bertz CT molecular complexity index is 1920. The minimum absolute atomic E-state index is 0.0573. The molecule has 53 heavy (non-hydrogen) atoms. The molecular formula is C38H48N3O9PSi2. The fourth-order valence-corrected chi connectivity index (χ4v) is 12.7. The number of carbonyl (C=O) groups is 1. The molecule has 1 fully saturated rings. The third-order valence-electron chi connectivity index (χ3n) is 10.1. The summed E-state index contributed by atoms with van der Waals surface area (Å²) in [6, 6.07) is 29.6. The summed E-state index contributed by atoms with van der Waals surface area (Å²) in [6.45, 7) is 16.1. The second kappa shape index (κ2) is 15.6. The summed E-state index contributed by atoms with van der Waals surface area (Å²) in [5.41, 5.74) is -0.586. The van der Waals surface area contributed by atoms with Crippen LogP contribution in [0.5, 0.6) is 0 Å². The van der Waals surface area contributed by atoms with E-state index in [1.54, 1.807) is 30.3 Å². The molecule has 0 radical (unpaired) electrons. The first kappa shape index (κ1) is 40.5. The number of nitrogens with zero attached hydrogens (tertiary/aromatic N) is 2. The van der Waals surface area contributed by atoms with E-state index in [1.807, 2.05) is 94.5 Å². The van der Waals surface area contributed by atoms with Gasteiger partial charge in [0.25, 0.3) is 20.0 Å². The Labute approximate surface area is 313 Å². The molecule has 1 amide bonds. The maximum absolute atomic E-state index is 13.6. The van der Waals surface area contributed by atoms with Gasteiger partial charge in [-0.2, -0.15) is 4.98 Å². The number of hydrogen-bond acceptors (Lipinski definition) is 10. The molecule has 0 aliphatic carbocycles. The first-order chi connectivity index (χ1) is 24.8. The highest BCUT2D eigenvalue weighted by Gasteiger charge is 2.65. The topological polar surface area (TPSA) is 161 Å². The maximum atomic E-state index is 13.6. The predicted molar refractivity (Wildman–Crippen MR) is 206 cm³/mol. The summed E-state index contributed by atoms with van der Waals surface area (Å²) in [5, 5.41) is 16.2. The van der Waals surface area contributed by atoms with Crippen LogP contribution >= 0.6 is 8.25 Å². The minimum Gasteiger partial charge on any atom is -0.566 e. The zero-order valence-electron chi connectivity index (χ0n) is 31.3. The zero-order chi connectivity index (χ0) is 38.8. The van der Waals surface area contributed by atoms with Crippen molar-refractivity contribution in [3.05, 3.63) is 119 Å². The zero-order valence-corrected chi connectivity index (χ0v) is 34.2. The van der Waals surface area contributed by atoms with Gasteiger partial charge in [-0.15, -0.1) is 4.52 Å². The largest absolute Gasteiger partial charge is 0.566 e. The van der Waals surface area contributed by atoms with Crippen LogP contribution in [0, 0.1) is 0 Å². The van der Waals surface area contributed by atoms with Crippen molar-refractivity contribution in [2.24, 2.45) is 0 Å². The highest BCUT2D eigenvalue weighted by Crippen LogP contribution is 2.48. The molecule has 282 valence electrons. The fraction of sp³-hybridized carbons (Fsp3) is 0.395. The molecule has 4 aromatic rings. The summed E-state index contributed by atoms with van der Waals surface area (Å²) in [4.78, 5) is 42.8. The lowest BCUT2D eigenvalue weighted by molar-refractivity contribution is -0.265. The Morgan fingerprint density at radius 3 is 1.92 bits per heavy atom. The molecule has 1 aliphatic rings. The highest BCUT2D eigenvalue weighted by molar-refractivity contribution is 7.30. The van der Waals surface area contributed by atoms with Gasteiger partial charge in [0, 0.05) is 11.8 Å². The van der Waals surface area contributed by atoms with Crippen molar-refractivity contribution in [1.82, 2.24) is 9.55 Å². The van der Waals surface area contributed by atoms with Crippen molar-refractivity contribution < 1.29 is 37.5 Å². The van der Waals surface area contributed by atoms with Crippen LogP contribution in [0.1, 0.15) is 58.1 Å². The van der Waals surface area contributed by atoms with Crippen LogP contribution < -0.4 is 26.3 Å². The Morgan fingerprint density at radius 2 is 1.45 bits per heavy atom. The predicted octanol–water partition coefficient (Wildman–Crippen LogP) is 5.08. The van der Waals surface area contributed by atoms with Gasteiger partial charge in [0.2, 0.25) is 0 Å². The molecule has 0 bridgehead atoms. The third kappa shape index (κ3) is 8.36. The number of aliphatic hydroxyl groups is 1. The second-order valence-electron chi connectivity index (χ2n) is 15.7. The molecule has 0 spiro atoms. The second-order valence-corrected chi connectivity index (χ2v) is 25.4. The number of rotatable bonds is 12. The van der Waals surface area contributed by atoms with Crippen molar-refractivity contribution in [1.29, 1.82) is 0 Å². The minimum atomic E-state index is -3.69. The average molecular weight is 778 g/mol. The molecule has 1 aliphatic heterocycles. The van der Waals surface area contributed by atoms with Crippen LogP contribution in [0.4, 0.5) is 5.82 Å². The average Bonchev–Trinajstić information content (AvgIpc) is 3.34. The molecule has 12 nitrogen and oxygen atoms in total. The Hall–Kier alpha value is -3.70. The van der Waals surface area contributed by atoms with E-state index in [2.05, 4.69) is 31.1 Å². The summed E-state index contributed by atoms with van der Waals surface area (Å²) >= 11 is 0. The fourth-order valence-electron chi connectivity index (χ4n) is 6.41. The maximum Gasteiger partial charge on any atom is 0.491 e. The van der Waals surface area contributed by atoms with Crippen molar-refractivity contribution in [2.45, 2.75) is 88.9 Å². The molecule has 2 heterocycles. The standard InChI is InChI=1S/C38H48N3O9PSi2/c1-36(2,3)52(7,8)49-32-30(26-47-53(37(4,5)6,28-20-14-10-15-21-28)29-22-16-11-17-23-29)48-34(38(32,44)50-51(45)46)41-25-24-31(40-35(41)43)39-33(42)27-18-12-9-13-19-27/h9-25,30,32,34,44H,26H2,1-8H3,(H,39,40,42,43)/t30-,32-,34-,38+/m1/s1. The molecular weight excluding hydrogens is 730 g/mol. The first-order valence-corrected chi connectivity index (χ1v) is 23.3. The Balaban J connectivity index is 1.60. The number of amides is 1. The molecule has 3 aromatic carbocycles. The number of ether oxygens (including phenoxy) is 1. The molecule has 15 heteroatoms. The van der Waals surface area contributed by atoms with Crippen molar-refractivity contribution in [2.75, 3.05) is 11.9 Å². The van der Waals surface area contributed by atoms with Gasteiger partial charge in [-0.1, -0.05) is 120 Å². The van der Waals surface area contributed by atoms with Gasteiger partial charge in [0.05, 0.1) is 6.61 Å². The van der Waals surface area contributed by atoms with Gasteiger partial charge in [0.1, 0.15) is 18.0 Å². The molecule has 1 unspecified atom stereocenters. The van der Waals surface area contributed by atoms with Gasteiger partial charge < -0.3 is 28.9 Å². The van der Waals surface area contributed by atoms with Crippen LogP contribution in [-0.4, -0.2) is 61.8 Å². The first-order valence-electron chi connectivity index (χ1n) is 17.4. The van der Waals surface area contributed by atoms with E-state index in [4.69, 9.17) is 18.1 Å². The van der Waals surface area contributed by atoms with Gasteiger partial charge in [-0.3, -0.25) is 9.36 Å². The SMILES string of the molecule is CC(C)(C)[Si](C)(C)O[C@@H]1[C@@H](CO[Si](c2ccccc2)(c2ccccc2)C(C)(C)C)O[C@@H](n2ccc(NC(=O)c3ccccc3)nc2=O)[C@@]1(O)O[P+](=O)[O-]. The number of carbonyl (C=O) groups excluding carboxylic acids is 1. The van der Waals surface area contributed by atoms with Crippen LogP contribution in [0.3, 0.4) is 0 Å². The summed E-state index contributed by atoms with van der Waals surface area (Å²) in [5.74, 6) is -3.26. The summed E-state index contributed by atoms with van der Waals surface area (Å²) in [6.07, 6.45) is -3.04. The Kier molecular flexibility index (Phi) is 11.9. The van der Waals surface area contributed by atoms with Crippen LogP contribution in [0.15, 0.2) is 108 Å². The lowest BCUT2D eigenvalue weighted by atomic mass is 10.1. The third-order valence-corrected chi connectivity index (χ3v) is 20.0. The van der Waals surface area contributed by atoms with Crippen LogP contribution in [-0.2, 0) is 22.7 Å². The molecule has 1 aromatic heterocycles. The Morgan fingerprint density at radius 1 is 0.925 bits per heavy atom. The normalized spacial score (nSPS) is 21.3. The number of aromatic nitrogens is 2. The van der Waals surface area contributed by atoms with E-state index in [-0.39, 0.29) is 17.5 Å². The van der Waals surface area contributed by atoms with E-state index in [1.165, 1.54) is 12.3 Å². The summed E-state index contributed by atoms with van der Waals surface area (Å²) < 4.78 is 39.0. The number of anilines is 1. The van der Waals surface area contributed by atoms with Crippen LogP contribution in [0.2, 0.25) is 23.2 Å². The van der Waals surface area contributed by atoms with Crippen molar-refractivity contribution >= 4 is 47.0 Å². The summed E-state index contributed by atoms with van der Waals surface area (Å²) in [7, 11) is -9.66. The smallest absolute Gasteiger partial charge is 0.491 e. The molecule has 2 N–H and O–H groups in total. The quantitative estimate of drug-likeness (QED) is 0.113. The monoisotopic (exact) mass is 777 g/mol. The van der Waals surface area contributed by atoms with E-state index in [9.17, 15) is 24.2 Å². The lowest BCUT2D eigenvalue weighted by Gasteiger charge is -2.44.